The fourth-order valence-corrected chi connectivity index (χ4v) is 2.90. The number of carbonyl (C=O) groups excluding carboxylic acids is 1. The van der Waals surface area contributed by atoms with Crippen LogP contribution in [0.3, 0.4) is 0 Å². The van der Waals surface area contributed by atoms with Crippen LogP contribution in [0.5, 0.6) is 0 Å². The van der Waals surface area contributed by atoms with Crippen molar-refractivity contribution in [2.24, 2.45) is 0 Å². The highest BCUT2D eigenvalue weighted by atomic mass is 16.2. The molecule has 3 rings (SSSR count). The standard InChI is InChI=1S/C16H22N6O/c1-12(2)20-15-14(6-3-7-18-15)16(23)21-8-4-5-13(9-21)22-11-17-10-19-22/h3,6-7,10-13H,4-5,8-9H2,1-2H3,(H,18,20)/t13-/m0/s1. The summed E-state index contributed by atoms with van der Waals surface area (Å²) in [6, 6.07) is 4.05. The molecule has 0 aliphatic carbocycles. The summed E-state index contributed by atoms with van der Waals surface area (Å²) in [7, 11) is 0. The predicted molar refractivity (Wildman–Crippen MR) is 87.2 cm³/mol. The molecule has 7 heteroatoms. The number of amides is 1. The van der Waals surface area contributed by atoms with E-state index in [1.165, 1.54) is 6.33 Å². The van der Waals surface area contributed by atoms with Crippen molar-refractivity contribution >= 4 is 11.7 Å². The van der Waals surface area contributed by atoms with Gasteiger partial charge < -0.3 is 10.2 Å². The summed E-state index contributed by atoms with van der Waals surface area (Å²) in [5, 5.41) is 7.45. The average molecular weight is 314 g/mol. The SMILES string of the molecule is CC(C)Nc1ncccc1C(=O)N1CCC[C@H](n2cncn2)C1. The lowest BCUT2D eigenvalue weighted by Crippen LogP contribution is -2.41. The van der Waals surface area contributed by atoms with Gasteiger partial charge in [-0.25, -0.2) is 14.6 Å². The molecule has 3 heterocycles. The summed E-state index contributed by atoms with van der Waals surface area (Å²) in [6.45, 7) is 5.48. The first-order valence-electron chi connectivity index (χ1n) is 8.00. The van der Waals surface area contributed by atoms with Crippen molar-refractivity contribution < 1.29 is 4.79 Å². The van der Waals surface area contributed by atoms with E-state index < -0.39 is 0 Å². The molecule has 1 fully saturated rings. The maximum Gasteiger partial charge on any atom is 0.257 e. The Hall–Kier alpha value is -2.44. The zero-order valence-electron chi connectivity index (χ0n) is 13.5. The Labute approximate surface area is 135 Å². The highest BCUT2D eigenvalue weighted by Gasteiger charge is 2.27. The first-order chi connectivity index (χ1) is 11.1. The van der Waals surface area contributed by atoms with Gasteiger partial charge in [-0.1, -0.05) is 0 Å². The molecule has 2 aromatic rings. The quantitative estimate of drug-likeness (QED) is 0.934. The van der Waals surface area contributed by atoms with Gasteiger partial charge in [-0.05, 0) is 38.8 Å². The van der Waals surface area contributed by atoms with Crippen LogP contribution in [0, 0.1) is 0 Å². The molecule has 23 heavy (non-hydrogen) atoms. The van der Waals surface area contributed by atoms with Crippen molar-refractivity contribution in [1.29, 1.82) is 0 Å². The van der Waals surface area contributed by atoms with Gasteiger partial charge >= 0.3 is 0 Å². The molecule has 1 amide bonds. The molecule has 0 spiro atoms. The average Bonchev–Trinajstić information content (AvgIpc) is 3.09. The Morgan fingerprint density at radius 3 is 3.04 bits per heavy atom. The van der Waals surface area contributed by atoms with Crippen molar-refractivity contribution in [3.63, 3.8) is 0 Å². The Morgan fingerprint density at radius 2 is 2.30 bits per heavy atom. The number of anilines is 1. The van der Waals surface area contributed by atoms with Gasteiger partial charge in [0.15, 0.2) is 0 Å². The number of aromatic nitrogens is 4. The van der Waals surface area contributed by atoms with E-state index in [9.17, 15) is 4.79 Å². The fourth-order valence-electron chi connectivity index (χ4n) is 2.90. The molecular weight excluding hydrogens is 292 g/mol. The van der Waals surface area contributed by atoms with Crippen LogP contribution in [0.25, 0.3) is 0 Å². The maximum absolute atomic E-state index is 12.9. The van der Waals surface area contributed by atoms with E-state index in [0.29, 0.717) is 17.9 Å². The molecule has 0 unspecified atom stereocenters. The number of piperidine rings is 1. The number of likely N-dealkylation sites (tertiary alicyclic amines) is 1. The molecule has 0 saturated carbocycles. The minimum absolute atomic E-state index is 0.0195. The lowest BCUT2D eigenvalue weighted by atomic mass is 10.0. The van der Waals surface area contributed by atoms with Crippen LogP contribution in [-0.4, -0.2) is 49.7 Å². The second-order valence-corrected chi connectivity index (χ2v) is 6.12. The van der Waals surface area contributed by atoms with E-state index in [1.807, 2.05) is 29.5 Å². The van der Waals surface area contributed by atoms with Crippen LogP contribution in [0.1, 0.15) is 43.1 Å². The lowest BCUT2D eigenvalue weighted by molar-refractivity contribution is 0.0673. The summed E-state index contributed by atoms with van der Waals surface area (Å²) in [5.41, 5.74) is 0.625. The molecule has 2 aromatic heterocycles. The van der Waals surface area contributed by atoms with Gasteiger partial charge in [0, 0.05) is 25.3 Å². The van der Waals surface area contributed by atoms with Crippen LogP contribution < -0.4 is 5.32 Å². The summed E-state index contributed by atoms with van der Waals surface area (Å²) in [4.78, 5) is 23.1. The molecule has 0 bridgehead atoms. The second-order valence-electron chi connectivity index (χ2n) is 6.12. The van der Waals surface area contributed by atoms with E-state index >= 15 is 0 Å². The predicted octanol–water partition coefficient (Wildman–Crippen LogP) is 1.97. The van der Waals surface area contributed by atoms with Crippen LogP contribution in [0.2, 0.25) is 0 Å². The number of nitrogens with one attached hydrogen (secondary N) is 1. The maximum atomic E-state index is 12.9. The van der Waals surface area contributed by atoms with Gasteiger partial charge in [0.1, 0.15) is 18.5 Å². The number of nitrogens with zero attached hydrogens (tertiary/aromatic N) is 5. The molecule has 1 saturated heterocycles. The molecule has 1 aliphatic rings. The van der Waals surface area contributed by atoms with E-state index in [0.717, 1.165) is 19.4 Å². The molecule has 0 radical (unpaired) electrons. The summed E-state index contributed by atoms with van der Waals surface area (Å²) < 4.78 is 1.84. The first kappa shape index (κ1) is 15.5. The number of hydrogen-bond donors (Lipinski definition) is 1. The third kappa shape index (κ3) is 3.49. The summed E-state index contributed by atoms with van der Waals surface area (Å²) in [6.07, 6.45) is 6.93. The van der Waals surface area contributed by atoms with Crippen molar-refractivity contribution in [2.45, 2.75) is 38.8 Å². The fraction of sp³-hybridized carbons (Fsp3) is 0.500. The minimum Gasteiger partial charge on any atom is -0.367 e. The Bertz CT molecular complexity index is 654. The normalized spacial score (nSPS) is 18.2. The largest absolute Gasteiger partial charge is 0.367 e. The zero-order chi connectivity index (χ0) is 16.2. The van der Waals surface area contributed by atoms with Gasteiger partial charge in [-0.2, -0.15) is 5.10 Å². The molecule has 1 aliphatic heterocycles. The molecule has 1 N–H and O–H groups in total. The van der Waals surface area contributed by atoms with Crippen LogP contribution in [0.4, 0.5) is 5.82 Å². The van der Waals surface area contributed by atoms with E-state index in [2.05, 4.69) is 20.4 Å². The third-order valence-electron chi connectivity index (χ3n) is 3.96. The Balaban J connectivity index is 1.77. The van der Waals surface area contributed by atoms with Crippen molar-refractivity contribution in [3.05, 3.63) is 36.5 Å². The monoisotopic (exact) mass is 314 g/mol. The van der Waals surface area contributed by atoms with E-state index in [1.54, 1.807) is 18.6 Å². The van der Waals surface area contributed by atoms with Crippen molar-refractivity contribution in [2.75, 3.05) is 18.4 Å². The third-order valence-corrected chi connectivity index (χ3v) is 3.96. The van der Waals surface area contributed by atoms with Crippen LogP contribution in [-0.2, 0) is 0 Å². The highest BCUT2D eigenvalue weighted by molar-refractivity contribution is 5.98. The van der Waals surface area contributed by atoms with E-state index in [-0.39, 0.29) is 18.0 Å². The number of carbonyl (C=O) groups is 1. The van der Waals surface area contributed by atoms with Gasteiger partial charge in [0.2, 0.25) is 0 Å². The Morgan fingerprint density at radius 1 is 1.43 bits per heavy atom. The number of hydrogen-bond acceptors (Lipinski definition) is 5. The second kappa shape index (κ2) is 6.76. The number of rotatable bonds is 4. The topological polar surface area (TPSA) is 75.9 Å². The van der Waals surface area contributed by atoms with Crippen LogP contribution >= 0.6 is 0 Å². The summed E-state index contributed by atoms with van der Waals surface area (Å²) >= 11 is 0. The number of pyridine rings is 1. The van der Waals surface area contributed by atoms with Gasteiger partial charge in [0.05, 0.1) is 11.6 Å². The zero-order valence-corrected chi connectivity index (χ0v) is 13.5. The first-order valence-corrected chi connectivity index (χ1v) is 8.00. The smallest absolute Gasteiger partial charge is 0.257 e. The molecule has 1 atom stereocenters. The van der Waals surface area contributed by atoms with Gasteiger partial charge in [0.25, 0.3) is 5.91 Å². The van der Waals surface area contributed by atoms with Crippen molar-refractivity contribution in [1.82, 2.24) is 24.6 Å². The molecule has 7 nitrogen and oxygen atoms in total. The lowest BCUT2D eigenvalue weighted by Gasteiger charge is -2.33. The molecular formula is C16H22N6O. The van der Waals surface area contributed by atoms with Crippen LogP contribution in [0.15, 0.2) is 31.0 Å². The Kier molecular flexibility index (Phi) is 4.55. The summed E-state index contributed by atoms with van der Waals surface area (Å²) in [5.74, 6) is 0.668. The molecule has 0 aromatic carbocycles. The van der Waals surface area contributed by atoms with E-state index in [4.69, 9.17) is 0 Å². The van der Waals surface area contributed by atoms with Gasteiger partial charge in [-0.3, -0.25) is 4.79 Å². The van der Waals surface area contributed by atoms with Gasteiger partial charge in [-0.15, -0.1) is 0 Å². The molecule has 122 valence electrons. The highest BCUT2D eigenvalue weighted by Crippen LogP contribution is 2.23. The minimum atomic E-state index is 0.0195. The van der Waals surface area contributed by atoms with Crippen molar-refractivity contribution in [3.8, 4) is 0 Å².